The lowest BCUT2D eigenvalue weighted by molar-refractivity contribution is -0.384. The van der Waals surface area contributed by atoms with Crippen LogP contribution in [-0.2, 0) is 6.54 Å². The van der Waals surface area contributed by atoms with Crippen LogP contribution in [0.4, 0.5) is 11.4 Å². The molecule has 0 spiro atoms. The van der Waals surface area contributed by atoms with Crippen LogP contribution in [0.25, 0.3) is 0 Å². The first-order chi connectivity index (χ1) is 8.82. The summed E-state index contributed by atoms with van der Waals surface area (Å²) in [7, 11) is 0. The number of hydrogen-bond donors (Lipinski definition) is 1. The average molecular weight is 265 g/mol. The zero-order chi connectivity index (χ0) is 14.6. The lowest BCUT2D eigenvalue weighted by Crippen LogP contribution is -2.33. The van der Waals surface area contributed by atoms with Crippen molar-refractivity contribution in [3.8, 4) is 0 Å². The van der Waals surface area contributed by atoms with E-state index in [-0.39, 0.29) is 11.4 Å². The minimum Gasteiger partial charge on any atom is -0.393 e. The fourth-order valence-electron chi connectivity index (χ4n) is 2.04. The number of benzene rings is 1. The molecule has 0 saturated heterocycles. The highest BCUT2D eigenvalue weighted by Crippen LogP contribution is 2.26. The molecule has 5 nitrogen and oxygen atoms in total. The Balaban J connectivity index is 2.97. The fraction of sp³-hybridized carbons (Fsp3) is 0.571. The van der Waals surface area contributed by atoms with E-state index in [0.29, 0.717) is 18.5 Å². The van der Waals surface area contributed by atoms with Crippen molar-refractivity contribution in [3.63, 3.8) is 0 Å². The van der Waals surface area contributed by atoms with Crippen molar-refractivity contribution in [1.82, 2.24) is 4.90 Å². The van der Waals surface area contributed by atoms with Gasteiger partial charge in [0.05, 0.1) is 4.92 Å². The summed E-state index contributed by atoms with van der Waals surface area (Å²) in [4.78, 5) is 12.7. The highest BCUT2D eigenvalue weighted by Gasteiger charge is 2.18. The summed E-state index contributed by atoms with van der Waals surface area (Å²) in [6.07, 6.45) is 0. The van der Waals surface area contributed by atoms with Crippen molar-refractivity contribution in [1.29, 1.82) is 0 Å². The van der Waals surface area contributed by atoms with Crippen LogP contribution < -0.4 is 5.73 Å². The lowest BCUT2D eigenvalue weighted by atomic mass is 10.1. The van der Waals surface area contributed by atoms with Gasteiger partial charge in [-0.2, -0.15) is 0 Å². The topological polar surface area (TPSA) is 72.4 Å². The standard InChI is InChI=1S/C14H23N3O2/c1-10(2)8-16(11(3)4)9-12-6-5-7-13(14(12)15)17(18)19/h5-7,10-11H,8-9,15H2,1-4H3. The van der Waals surface area contributed by atoms with Crippen molar-refractivity contribution in [2.75, 3.05) is 12.3 Å². The molecule has 0 amide bonds. The molecule has 5 heteroatoms. The number of anilines is 1. The normalized spacial score (nSPS) is 11.5. The van der Waals surface area contributed by atoms with E-state index in [2.05, 4.69) is 32.6 Å². The number of nitro groups is 1. The van der Waals surface area contributed by atoms with Crippen LogP contribution in [-0.4, -0.2) is 22.4 Å². The summed E-state index contributed by atoms with van der Waals surface area (Å²) < 4.78 is 0. The molecule has 0 aromatic heterocycles. The lowest BCUT2D eigenvalue weighted by Gasteiger charge is -2.28. The van der Waals surface area contributed by atoms with Gasteiger partial charge in [-0.25, -0.2) is 0 Å². The third kappa shape index (κ3) is 4.21. The molecule has 1 rings (SSSR count). The second kappa shape index (κ2) is 6.52. The molecule has 106 valence electrons. The second-order valence-electron chi connectivity index (χ2n) is 5.52. The van der Waals surface area contributed by atoms with E-state index in [4.69, 9.17) is 5.73 Å². The molecule has 0 fully saturated rings. The van der Waals surface area contributed by atoms with Crippen LogP contribution in [0.2, 0.25) is 0 Å². The maximum Gasteiger partial charge on any atom is 0.292 e. The molecule has 0 radical (unpaired) electrons. The molecule has 0 saturated carbocycles. The molecule has 1 aromatic carbocycles. The molecule has 0 heterocycles. The van der Waals surface area contributed by atoms with Crippen LogP contribution in [0.3, 0.4) is 0 Å². The summed E-state index contributed by atoms with van der Waals surface area (Å²) in [5.74, 6) is 0.544. The van der Waals surface area contributed by atoms with E-state index >= 15 is 0 Å². The molecular formula is C14H23N3O2. The number of nitrogens with zero attached hydrogens (tertiary/aromatic N) is 2. The SMILES string of the molecule is CC(C)CN(Cc1cccc([N+](=O)[O-])c1N)C(C)C. The Kier molecular flexibility index (Phi) is 5.30. The van der Waals surface area contributed by atoms with Gasteiger partial charge in [0.25, 0.3) is 5.69 Å². The molecule has 0 atom stereocenters. The maximum absolute atomic E-state index is 10.9. The van der Waals surface area contributed by atoms with Gasteiger partial charge in [0.2, 0.25) is 0 Å². The number of nitrogen functional groups attached to an aromatic ring is 1. The van der Waals surface area contributed by atoms with Gasteiger partial charge in [-0.05, 0) is 25.3 Å². The number of nitro benzene ring substituents is 1. The van der Waals surface area contributed by atoms with Crippen LogP contribution >= 0.6 is 0 Å². The van der Waals surface area contributed by atoms with Gasteiger partial charge < -0.3 is 5.73 Å². The molecule has 2 N–H and O–H groups in total. The number of nitrogens with two attached hydrogens (primary N) is 1. The third-order valence-electron chi connectivity index (χ3n) is 3.07. The predicted octanol–water partition coefficient (Wildman–Crippen LogP) is 3.04. The minimum absolute atomic E-state index is 0.00856. The molecule has 0 bridgehead atoms. The van der Waals surface area contributed by atoms with Gasteiger partial charge in [-0.1, -0.05) is 26.0 Å². The van der Waals surface area contributed by atoms with E-state index in [1.165, 1.54) is 6.07 Å². The van der Waals surface area contributed by atoms with Crippen molar-refractivity contribution < 1.29 is 4.92 Å². The zero-order valence-corrected chi connectivity index (χ0v) is 12.1. The van der Waals surface area contributed by atoms with E-state index in [1.807, 2.05) is 6.07 Å². The Morgan fingerprint density at radius 3 is 2.42 bits per heavy atom. The summed E-state index contributed by atoms with van der Waals surface area (Å²) in [5, 5.41) is 10.9. The van der Waals surface area contributed by atoms with E-state index < -0.39 is 4.92 Å². The van der Waals surface area contributed by atoms with Crippen LogP contribution in [0.5, 0.6) is 0 Å². The second-order valence-corrected chi connectivity index (χ2v) is 5.52. The number of rotatable bonds is 6. The summed E-state index contributed by atoms with van der Waals surface area (Å²) in [6, 6.07) is 5.37. The van der Waals surface area contributed by atoms with Crippen molar-refractivity contribution >= 4 is 11.4 Å². The Morgan fingerprint density at radius 1 is 1.32 bits per heavy atom. The first-order valence-electron chi connectivity index (χ1n) is 6.58. The molecule has 0 aliphatic carbocycles. The Morgan fingerprint density at radius 2 is 1.95 bits per heavy atom. The van der Waals surface area contributed by atoms with Crippen molar-refractivity contribution in [3.05, 3.63) is 33.9 Å². The number of hydrogen-bond acceptors (Lipinski definition) is 4. The van der Waals surface area contributed by atoms with Crippen molar-refractivity contribution in [2.45, 2.75) is 40.3 Å². The first kappa shape index (κ1) is 15.4. The predicted molar refractivity (Wildman–Crippen MR) is 77.9 cm³/mol. The molecular weight excluding hydrogens is 242 g/mol. The van der Waals surface area contributed by atoms with Gasteiger partial charge in [0, 0.05) is 25.2 Å². The molecule has 19 heavy (non-hydrogen) atoms. The van der Waals surface area contributed by atoms with Gasteiger partial charge in [0.1, 0.15) is 5.69 Å². The Labute approximate surface area is 114 Å². The summed E-state index contributed by atoms with van der Waals surface area (Å²) >= 11 is 0. The average Bonchev–Trinajstić information content (AvgIpc) is 2.29. The molecule has 0 aliphatic rings. The van der Waals surface area contributed by atoms with Gasteiger partial charge in [0.15, 0.2) is 0 Å². The summed E-state index contributed by atoms with van der Waals surface area (Å²) in [5.41, 5.74) is 6.99. The van der Waals surface area contributed by atoms with E-state index in [0.717, 1.165) is 12.1 Å². The molecule has 1 aromatic rings. The van der Waals surface area contributed by atoms with E-state index in [9.17, 15) is 10.1 Å². The highest BCUT2D eigenvalue weighted by atomic mass is 16.6. The van der Waals surface area contributed by atoms with Gasteiger partial charge >= 0.3 is 0 Å². The monoisotopic (exact) mass is 265 g/mol. The van der Waals surface area contributed by atoms with Crippen LogP contribution in [0.1, 0.15) is 33.3 Å². The minimum atomic E-state index is -0.430. The molecule has 0 unspecified atom stereocenters. The smallest absolute Gasteiger partial charge is 0.292 e. The van der Waals surface area contributed by atoms with Crippen LogP contribution in [0, 0.1) is 16.0 Å². The first-order valence-corrected chi connectivity index (χ1v) is 6.58. The number of para-hydroxylation sites is 1. The maximum atomic E-state index is 10.9. The fourth-order valence-corrected chi connectivity index (χ4v) is 2.04. The van der Waals surface area contributed by atoms with Gasteiger partial charge in [-0.15, -0.1) is 0 Å². The Bertz CT molecular complexity index is 444. The quantitative estimate of drug-likeness (QED) is 0.487. The molecule has 0 aliphatic heterocycles. The highest BCUT2D eigenvalue weighted by molar-refractivity contribution is 5.62. The van der Waals surface area contributed by atoms with E-state index in [1.54, 1.807) is 6.07 Å². The largest absolute Gasteiger partial charge is 0.393 e. The third-order valence-corrected chi connectivity index (χ3v) is 3.07. The van der Waals surface area contributed by atoms with Crippen molar-refractivity contribution in [2.24, 2.45) is 5.92 Å². The van der Waals surface area contributed by atoms with Crippen LogP contribution in [0.15, 0.2) is 18.2 Å². The Hall–Kier alpha value is -1.62. The zero-order valence-electron chi connectivity index (χ0n) is 12.1. The van der Waals surface area contributed by atoms with Gasteiger partial charge in [-0.3, -0.25) is 15.0 Å². The summed E-state index contributed by atoms with van der Waals surface area (Å²) in [6.45, 7) is 10.1.